The van der Waals surface area contributed by atoms with Crippen molar-refractivity contribution in [2.24, 2.45) is 17.8 Å². The summed E-state index contributed by atoms with van der Waals surface area (Å²) in [5.41, 5.74) is 4.36. The van der Waals surface area contributed by atoms with E-state index in [4.69, 9.17) is 4.74 Å². The van der Waals surface area contributed by atoms with Gasteiger partial charge >= 0.3 is 6.09 Å². The first-order valence-electron chi connectivity index (χ1n) is 12.7. The van der Waals surface area contributed by atoms with Crippen molar-refractivity contribution in [2.75, 3.05) is 13.7 Å². The summed E-state index contributed by atoms with van der Waals surface area (Å²) in [5, 5.41) is 9.56. The number of fused-ring (bicyclic) bond motifs is 3. The lowest BCUT2D eigenvalue weighted by Crippen LogP contribution is -2.38. The Kier molecular flexibility index (Phi) is 7.12. The van der Waals surface area contributed by atoms with E-state index in [1.807, 2.05) is 31.2 Å². The van der Waals surface area contributed by atoms with Crippen molar-refractivity contribution in [2.45, 2.75) is 38.7 Å². The minimum Gasteiger partial charge on any atom is -0.505 e. The van der Waals surface area contributed by atoms with Gasteiger partial charge in [0.1, 0.15) is 0 Å². The van der Waals surface area contributed by atoms with Crippen LogP contribution in [-0.4, -0.2) is 52.7 Å². The number of hydrogen-bond donors (Lipinski definition) is 1. The van der Waals surface area contributed by atoms with Crippen LogP contribution in [0.1, 0.15) is 43.9 Å². The Hall–Kier alpha value is -3.85. The van der Waals surface area contributed by atoms with Crippen LogP contribution in [0.25, 0.3) is 11.6 Å². The number of aromatic nitrogens is 1. The van der Waals surface area contributed by atoms with E-state index < -0.39 is 41.3 Å². The van der Waals surface area contributed by atoms with E-state index in [1.165, 1.54) is 12.1 Å². The number of halogens is 1. The van der Waals surface area contributed by atoms with Crippen LogP contribution in [0.4, 0.5) is 9.18 Å². The highest BCUT2D eigenvalue weighted by Gasteiger charge is 2.58. The van der Waals surface area contributed by atoms with E-state index in [1.54, 1.807) is 12.3 Å². The van der Waals surface area contributed by atoms with E-state index in [9.17, 15) is 23.9 Å². The Balaban J connectivity index is 1.41. The second-order valence-electron chi connectivity index (χ2n) is 9.79. The number of ether oxygens (including phenoxy) is 2. The molecule has 3 amide bonds. The van der Waals surface area contributed by atoms with Gasteiger partial charge in [0.2, 0.25) is 11.8 Å². The van der Waals surface area contributed by atoms with Crippen LogP contribution in [-0.2, 0) is 19.1 Å². The summed E-state index contributed by atoms with van der Waals surface area (Å²) in [5.74, 6) is -3.62. The zero-order chi connectivity index (χ0) is 27.0. The van der Waals surface area contributed by atoms with Crippen LogP contribution in [0.15, 0.2) is 53.7 Å². The molecule has 1 aliphatic carbocycles. The quantitative estimate of drug-likeness (QED) is 0.433. The number of pyridine rings is 1. The lowest BCUT2D eigenvalue weighted by molar-refractivity contribution is -0.137. The fourth-order valence-electron chi connectivity index (χ4n) is 6.01. The highest BCUT2D eigenvalue weighted by molar-refractivity contribution is 6.16. The number of allylic oxidation sites excluding steroid dienone is 2. The summed E-state index contributed by atoms with van der Waals surface area (Å²) in [4.78, 5) is 43.4. The predicted molar refractivity (Wildman–Crippen MR) is 136 cm³/mol. The van der Waals surface area contributed by atoms with Gasteiger partial charge < -0.3 is 14.6 Å². The average molecular weight is 521 g/mol. The lowest BCUT2D eigenvalue weighted by atomic mass is 9.69. The fraction of sp³-hybridized carbons (Fsp3) is 0.379. The Bertz CT molecular complexity index is 1340. The van der Waals surface area contributed by atoms with Gasteiger partial charge in [0.25, 0.3) is 0 Å². The summed E-state index contributed by atoms with van der Waals surface area (Å²) in [6.45, 7) is 2.32. The summed E-state index contributed by atoms with van der Waals surface area (Å²) >= 11 is 0. The molecule has 3 heterocycles. The minimum atomic E-state index is -0.944. The number of likely N-dealkylation sites (tertiary alicyclic amines) is 1. The predicted octanol–water partition coefficient (Wildman–Crippen LogP) is 4.74. The maximum absolute atomic E-state index is 14.0. The molecule has 2 aromatic rings. The Morgan fingerprint density at radius 3 is 2.74 bits per heavy atom. The second-order valence-corrected chi connectivity index (χ2v) is 9.79. The van der Waals surface area contributed by atoms with Crippen molar-refractivity contribution < 1.29 is 33.4 Å². The van der Waals surface area contributed by atoms with Gasteiger partial charge in [0, 0.05) is 12.1 Å². The third kappa shape index (κ3) is 4.51. The SMILES string of the molecule is CCC1=C2[C@@H](CC/C(=C/c3ccc(O)c(F)c3)c3ccccn3)OC[C@@H]2[C@@H]2C(=O)N(C(=O)OC)C(=O)[C@@H]2C1. The normalized spacial score (nSPS) is 25.0. The van der Waals surface area contributed by atoms with E-state index >= 15 is 0 Å². The molecule has 0 bridgehead atoms. The topological polar surface area (TPSA) is 106 Å². The zero-order valence-corrected chi connectivity index (χ0v) is 21.2. The smallest absolute Gasteiger partial charge is 0.423 e. The van der Waals surface area contributed by atoms with Gasteiger partial charge in [-0.3, -0.25) is 14.6 Å². The van der Waals surface area contributed by atoms with Gasteiger partial charge in [-0.1, -0.05) is 24.6 Å². The van der Waals surface area contributed by atoms with Crippen LogP contribution in [0, 0.1) is 23.6 Å². The molecule has 5 rings (SSSR count). The van der Waals surface area contributed by atoms with Crippen LogP contribution < -0.4 is 0 Å². The number of methoxy groups -OCH3 is 1. The number of rotatable bonds is 6. The van der Waals surface area contributed by atoms with Crippen LogP contribution in [0.2, 0.25) is 0 Å². The number of carbonyl (C=O) groups is 3. The molecular formula is C29H29FN2O6. The van der Waals surface area contributed by atoms with Gasteiger partial charge in [0.15, 0.2) is 11.6 Å². The number of phenols is 1. The van der Waals surface area contributed by atoms with E-state index in [-0.39, 0.29) is 12.0 Å². The molecule has 2 aliphatic heterocycles. The summed E-state index contributed by atoms with van der Waals surface area (Å²) in [6.07, 6.45) is 4.62. The number of nitrogens with zero attached hydrogens (tertiary/aromatic N) is 2. The standard InChI is InChI=1S/C29H29FN2O6/c1-3-17-14-19-26(28(35)32(27(19)34)29(36)37-2)20-15-38-24(25(17)20)10-8-18(22-6-4-5-11-31-22)12-16-7-9-23(33)21(30)13-16/h4-7,9,11-13,19-20,24,26,33H,3,8,10,14-15H2,1-2H3/b18-12-/t19-,20+,24-,26-/m1/s1. The van der Waals surface area contributed by atoms with Crippen LogP contribution >= 0.6 is 0 Å². The van der Waals surface area contributed by atoms with Crippen molar-refractivity contribution in [1.29, 1.82) is 0 Å². The van der Waals surface area contributed by atoms with Gasteiger partial charge in [0.05, 0.1) is 37.4 Å². The van der Waals surface area contributed by atoms with E-state index in [2.05, 4.69) is 9.72 Å². The highest BCUT2D eigenvalue weighted by Crippen LogP contribution is 2.50. The summed E-state index contributed by atoms with van der Waals surface area (Å²) < 4.78 is 24.9. The van der Waals surface area contributed by atoms with Crippen molar-refractivity contribution in [3.63, 3.8) is 0 Å². The molecule has 198 valence electrons. The molecule has 2 saturated heterocycles. The molecule has 3 aliphatic rings. The Morgan fingerprint density at radius 2 is 2.05 bits per heavy atom. The maximum atomic E-state index is 14.0. The molecule has 1 aromatic carbocycles. The van der Waals surface area contributed by atoms with Crippen molar-refractivity contribution in [3.05, 3.63) is 70.8 Å². The molecule has 38 heavy (non-hydrogen) atoms. The molecule has 8 nitrogen and oxygen atoms in total. The molecule has 0 radical (unpaired) electrons. The summed E-state index contributed by atoms with van der Waals surface area (Å²) in [6, 6.07) is 9.81. The first kappa shape index (κ1) is 25.8. The lowest BCUT2D eigenvalue weighted by Gasteiger charge is -2.31. The average Bonchev–Trinajstić information content (AvgIpc) is 3.46. The molecule has 1 N–H and O–H groups in total. The third-order valence-electron chi connectivity index (χ3n) is 7.77. The molecule has 0 spiro atoms. The highest BCUT2D eigenvalue weighted by atomic mass is 19.1. The fourth-order valence-corrected chi connectivity index (χ4v) is 6.01. The number of amides is 3. The van der Waals surface area contributed by atoms with Crippen molar-refractivity contribution in [3.8, 4) is 5.75 Å². The minimum absolute atomic E-state index is 0.255. The first-order valence-corrected chi connectivity index (χ1v) is 12.7. The molecular weight excluding hydrogens is 491 g/mol. The van der Waals surface area contributed by atoms with Crippen LogP contribution in [0.5, 0.6) is 5.75 Å². The summed E-state index contributed by atoms with van der Waals surface area (Å²) in [7, 11) is 1.15. The van der Waals surface area contributed by atoms with Gasteiger partial charge in [-0.25, -0.2) is 9.18 Å². The van der Waals surface area contributed by atoms with E-state index in [0.29, 0.717) is 42.8 Å². The van der Waals surface area contributed by atoms with Gasteiger partial charge in [-0.05, 0) is 72.7 Å². The Labute approximate surface area is 219 Å². The number of hydrogen-bond acceptors (Lipinski definition) is 7. The maximum Gasteiger partial charge on any atom is 0.423 e. The second kappa shape index (κ2) is 10.5. The number of imide groups is 3. The molecule has 1 aromatic heterocycles. The first-order chi connectivity index (χ1) is 18.3. The molecule has 2 fully saturated rings. The van der Waals surface area contributed by atoms with Crippen LogP contribution in [0.3, 0.4) is 0 Å². The third-order valence-corrected chi connectivity index (χ3v) is 7.77. The largest absolute Gasteiger partial charge is 0.505 e. The monoisotopic (exact) mass is 520 g/mol. The zero-order valence-electron chi connectivity index (χ0n) is 21.2. The number of phenolic OH excluding ortho intramolecular Hbond substituents is 1. The molecule has 0 unspecified atom stereocenters. The van der Waals surface area contributed by atoms with Gasteiger partial charge in [-0.15, -0.1) is 0 Å². The molecule has 0 saturated carbocycles. The molecule has 9 heteroatoms. The van der Waals surface area contributed by atoms with Crippen molar-refractivity contribution >= 4 is 29.6 Å². The number of benzene rings is 1. The van der Waals surface area contributed by atoms with Crippen molar-refractivity contribution in [1.82, 2.24) is 9.88 Å². The van der Waals surface area contributed by atoms with E-state index in [0.717, 1.165) is 29.5 Å². The number of carbonyl (C=O) groups excluding carboxylic acids is 3. The number of aromatic hydroxyl groups is 1. The molecule has 4 atom stereocenters. The Morgan fingerprint density at radius 1 is 1.24 bits per heavy atom. The van der Waals surface area contributed by atoms with Gasteiger partial charge in [-0.2, -0.15) is 4.90 Å².